The third-order valence-corrected chi connectivity index (χ3v) is 2.45. The van der Waals surface area contributed by atoms with Gasteiger partial charge in [0.15, 0.2) is 6.61 Å². The molecule has 1 unspecified atom stereocenters. The third-order valence-electron chi connectivity index (χ3n) is 2.20. The monoisotopic (exact) mass is 285 g/mol. The number of benzene rings is 1. The van der Waals surface area contributed by atoms with Crippen LogP contribution >= 0.6 is 11.6 Å². The number of nitrogens with one attached hydrogen (secondary N) is 1. The largest absolute Gasteiger partial charge is 0.484 e. The maximum atomic E-state index is 11.5. The zero-order chi connectivity index (χ0) is 14.3. The van der Waals surface area contributed by atoms with Gasteiger partial charge >= 0.3 is 5.97 Å². The Labute approximate surface area is 116 Å². The van der Waals surface area contributed by atoms with Crippen LogP contribution in [0, 0.1) is 0 Å². The molecule has 0 aromatic heterocycles. The second-order valence-corrected chi connectivity index (χ2v) is 4.22. The van der Waals surface area contributed by atoms with Crippen molar-refractivity contribution in [2.24, 2.45) is 0 Å². The fourth-order valence-electron chi connectivity index (χ4n) is 1.29. The molecule has 5 nitrogen and oxygen atoms in total. The predicted molar refractivity (Wildman–Crippen MR) is 71.2 cm³/mol. The van der Waals surface area contributed by atoms with Gasteiger partial charge in [0.05, 0.1) is 6.61 Å². The van der Waals surface area contributed by atoms with Crippen LogP contribution in [0.5, 0.6) is 5.75 Å². The van der Waals surface area contributed by atoms with E-state index in [1.807, 2.05) is 0 Å². The summed E-state index contributed by atoms with van der Waals surface area (Å²) in [5.74, 6) is -0.332. The van der Waals surface area contributed by atoms with Gasteiger partial charge in [-0.15, -0.1) is 0 Å². The smallest absolute Gasteiger partial charge is 0.328 e. The molecule has 0 saturated heterocycles. The molecule has 0 heterocycles. The first-order valence-electron chi connectivity index (χ1n) is 5.87. The molecule has 0 spiro atoms. The van der Waals surface area contributed by atoms with E-state index in [9.17, 15) is 9.59 Å². The Balaban J connectivity index is 2.35. The Morgan fingerprint density at radius 2 is 1.95 bits per heavy atom. The van der Waals surface area contributed by atoms with E-state index in [-0.39, 0.29) is 13.2 Å². The van der Waals surface area contributed by atoms with Crippen LogP contribution in [0.4, 0.5) is 0 Å². The summed E-state index contributed by atoms with van der Waals surface area (Å²) in [6, 6.07) is 5.95. The molecule has 6 heteroatoms. The van der Waals surface area contributed by atoms with Crippen LogP contribution in [0.2, 0.25) is 5.02 Å². The topological polar surface area (TPSA) is 64.6 Å². The van der Waals surface area contributed by atoms with Gasteiger partial charge < -0.3 is 14.8 Å². The van der Waals surface area contributed by atoms with Gasteiger partial charge in [-0.1, -0.05) is 11.6 Å². The highest BCUT2D eigenvalue weighted by atomic mass is 35.5. The average Bonchev–Trinajstić information content (AvgIpc) is 2.38. The standard InChI is InChI=1S/C13H16ClNO4/c1-3-18-13(17)9(2)15-12(16)8-19-11-6-4-10(14)5-7-11/h4-7,9H,3,8H2,1-2H3,(H,15,16). The normalized spacial score (nSPS) is 11.5. The van der Waals surface area contributed by atoms with Gasteiger partial charge in [0.1, 0.15) is 11.8 Å². The van der Waals surface area contributed by atoms with Crippen molar-refractivity contribution in [1.82, 2.24) is 5.32 Å². The van der Waals surface area contributed by atoms with E-state index in [0.29, 0.717) is 10.8 Å². The van der Waals surface area contributed by atoms with Crippen LogP contribution in [-0.2, 0) is 14.3 Å². The minimum absolute atomic E-state index is 0.175. The summed E-state index contributed by atoms with van der Waals surface area (Å²) in [6.07, 6.45) is 0. The molecule has 0 bridgehead atoms. The molecule has 104 valence electrons. The van der Waals surface area contributed by atoms with Crippen LogP contribution < -0.4 is 10.1 Å². The number of carbonyl (C=O) groups is 2. The second kappa shape index (κ2) is 7.63. The fourth-order valence-corrected chi connectivity index (χ4v) is 1.42. The molecule has 0 aliphatic heterocycles. The average molecular weight is 286 g/mol. The highest BCUT2D eigenvalue weighted by molar-refractivity contribution is 6.30. The van der Waals surface area contributed by atoms with E-state index in [1.54, 1.807) is 38.1 Å². The number of halogens is 1. The van der Waals surface area contributed by atoms with E-state index in [1.165, 1.54) is 0 Å². The Morgan fingerprint density at radius 1 is 1.32 bits per heavy atom. The summed E-state index contributed by atoms with van der Waals surface area (Å²) in [6.45, 7) is 3.36. The Kier molecular flexibility index (Phi) is 6.15. The van der Waals surface area contributed by atoms with Gasteiger partial charge in [-0.3, -0.25) is 4.79 Å². The molecular formula is C13H16ClNO4. The highest BCUT2D eigenvalue weighted by Gasteiger charge is 2.16. The number of ether oxygens (including phenoxy) is 2. The lowest BCUT2D eigenvalue weighted by Crippen LogP contribution is -2.41. The van der Waals surface area contributed by atoms with Crippen molar-refractivity contribution in [3.8, 4) is 5.75 Å². The molecule has 0 saturated carbocycles. The minimum atomic E-state index is -0.693. The number of hydrogen-bond acceptors (Lipinski definition) is 4. The third kappa shape index (κ3) is 5.61. The van der Waals surface area contributed by atoms with Crippen molar-refractivity contribution in [2.75, 3.05) is 13.2 Å². The predicted octanol–water partition coefficient (Wildman–Crippen LogP) is 1.79. The number of esters is 1. The lowest BCUT2D eigenvalue weighted by Gasteiger charge is -2.13. The van der Waals surface area contributed by atoms with Gasteiger partial charge in [-0.25, -0.2) is 4.79 Å². The summed E-state index contributed by atoms with van der Waals surface area (Å²) in [4.78, 5) is 22.8. The summed E-state index contributed by atoms with van der Waals surface area (Å²) >= 11 is 5.72. The van der Waals surface area contributed by atoms with Crippen LogP contribution in [-0.4, -0.2) is 31.1 Å². The van der Waals surface area contributed by atoms with Crippen LogP contribution in [0.15, 0.2) is 24.3 Å². The molecular weight excluding hydrogens is 270 g/mol. The fraction of sp³-hybridized carbons (Fsp3) is 0.385. The first-order chi connectivity index (χ1) is 9.02. The zero-order valence-electron chi connectivity index (χ0n) is 10.8. The number of amides is 1. The van der Waals surface area contributed by atoms with Crippen LogP contribution in [0.25, 0.3) is 0 Å². The van der Waals surface area contributed by atoms with E-state index < -0.39 is 17.9 Å². The van der Waals surface area contributed by atoms with E-state index in [0.717, 1.165) is 0 Å². The lowest BCUT2D eigenvalue weighted by atomic mass is 10.3. The first kappa shape index (κ1) is 15.3. The number of carbonyl (C=O) groups excluding carboxylic acids is 2. The SMILES string of the molecule is CCOC(=O)C(C)NC(=O)COc1ccc(Cl)cc1. The maximum Gasteiger partial charge on any atom is 0.328 e. The summed E-state index contributed by atoms with van der Waals surface area (Å²) in [7, 11) is 0. The highest BCUT2D eigenvalue weighted by Crippen LogP contribution is 2.15. The molecule has 0 aliphatic rings. The molecule has 0 fully saturated rings. The van der Waals surface area contributed by atoms with Gasteiger partial charge in [0.2, 0.25) is 0 Å². The van der Waals surface area contributed by atoms with Crippen molar-refractivity contribution >= 4 is 23.5 Å². The summed E-state index contributed by atoms with van der Waals surface area (Å²) in [5.41, 5.74) is 0. The Bertz CT molecular complexity index is 433. The molecule has 0 radical (unpaired) electrons. The number of rotatable bonds is 6. The van der Waals surface area contributed by atoms with E-state index >= 15 is 0 Å². The molecule has 1 amide bonds. The maximum absolute atomic E-state index is 11.5. The van der Waals surface area contributed by atoms with Crippen molar-refractivity contribution in [1.29, 1.82) is 0 Å². The van der Waals surface area contributed by atoms with Crippen molar-refractivity contribution in [2.45, 2.75) is 19.9 Å². The molecule has 1 N–H and O–H groups in total. The van der Waals surface area contributed by atoms with E-state index in [2.05, 4.69) is 5.32 Å². The molecule has 1 aromatic carbocycles. The Hall–Kier alpha value is -1.75. The molecule has 0 aliphatic carbocycles. The van der Waals surface area contributed by atoms with Gasteiger partial charge in [-0.05, 0) is 38.1 Å². The lowest BCUT2D eigenvalue weighted by molar-refractivity contribution is -0.147. The van der Waals surface area contributed by atoms with Crippen molar-refractivity contribution in [3.05, 3.63) is 29.3 Å². The quantitative estimate of drug-likeness (QED) is 0.809. The van der Waals surface area contributed by atoms with E-state index in [4.69, 9.17) is 21.1 Å². The number of hydrogen-bond donors (Lipinski definition) is 1. The van der Waals surface area contributed by atoms with Gasteiger partial charge in [-0.2, -0.15) is 0 Å². The van der Waals surface area contributed by atoms with Crippen molar-refractivity contribution in [3.63, 3.8) is 0 Å². The zero-order valence-corrected chi connectivity index (χ0v) is 11.6. The second-order valence-electron chi connectivity index (χ2n) is 3.78. The Morgan fingerprint density at radius 3 is 2.53 bits per heavy atom. The van der Waals surface area contributed by atoms with Gasteiger partial charge in [0.25, 0.3) is 5.91 Å². The molecule has 1 aromatic rings. The van der Waals surface area contributed by atoms with Crippen LogP contribution in [0.1, 0.15) is 13.8 Å². The summed E-state index contributed by atoms with van der Waals surface area (Å²) in [5, 5.41) is 3.07. The molecule has 1 rings (SSSR count). The molecule has 1 atom stereocenters. The summed E-state index contributed by atoms with van der Waals surface area (Å²) < 4.78 is 10.0. The van der Waals surface area contributed by atoms with Gasteiger partial charge in [0, 0.05) is 5.02 Å². The van der Waals surface area contributed by atoms with Crippen molar-refractivity contribution < 1.29 is 19.1 Å². The molecule has 19 heavy (non-hydrogen) atoms. The van der Waals surface area contributed by atoms with Crippen LogP contribution in [0.3, 0.4) is 0 Å². The first-order valence-corrected chi connectivity index (χ1v) is 6.25. The minimum Gasteiger partial charge on any atom is -0.484 e.